The second-order valence-corrected chi connectivity index (χ2v) is 9.25. The van der Waals surface area contributed by atoms with Crippen LogP contribution in [0.5, 0.6) is 11.5 Å². The van der Waals surface area contributed by atoms with Crippen molar-refractivity contribution in [1.82, 2.24) is 4.90 Å². The molecular formula is C24H16ClNO2S2. The van der Waals surface area contributed by atoms with Gasteiger partial charge in [-0.2, -0.15) is 0 Å². The van der Waals surface area contributed by atoms with Crippen molar-refractivity contribution in [2.45, 2.75) is 13.0 Å². The number of para-hydroxylation sites is 2. The Bertz CT molecular complexity index is 1220. The number of carbonyl (C=O) groups excluding carboxylic acids is 1. The minimum Gasteiger partial charge on any atom is -0.456 e. The summed E-state index contributed by atoms with van der Waals surface area (Å²) in [6.07, 6.45) is 1.86. The van der Waals surface area contributed by atoms with Crippen molar-refractivity contribution >= 4 is 51.9 Å². The van der Waals surface area contributed by atoms with Gasteiger partial charge >= 0.3 is 0 Å². The standard InChI is InChI=1S/C24H16ClNO2S2/c1-14-5-4-7-18-21(17-6-2-3-8-19(17)28-22(14)18)26-23(27)20(30-24(26)29)13-15-9-11-16(25)12-10-15/h2-13,21H,1H3/b20-13+/t21-/m1/s1. The van der Waals surface area contributed by atoms with Gasteiger partial charge in [-0.15, -0.1) is 0 Å². The minimum absolute atomic E-state index is 0.103. The van der Waals surface area contributed by atoms with E-state index in [2.05, 4.69) is 0 Å². The average molecular weight is 450 g/mol. The maximum absolute atomic E-state index is 13.5. The Labute approximate surface area is 189 Å². The molecule has 5 rings (SSSR count). The van der Waals surface area contributed by atoms with Crippen LogP contribution >= 0.6 is 35.6 Å². The highest BCUT2D eigenvalue weighted by atomic mass is 35.5. The Kier molecular flexibility index (Phi) is 4.89. The highest BCUT2D eigenvalue weighted by Crippen LogP contribution is 2.50. The molecule has 1 saturated heterocycles. The zero-order valence-electron chi connectivity index (χ0n) is 16.0. The molecule has 1 fully saturated rings. The number of thioether (sulfide) groups is 1. The third-order valence-electron chi connectivity index (χ3n) is 5.21. The summed E-state index contributed by atoms with van der Waals surface area (Å²) < 4.78 is 6.72. The highest BCUT2D eigenvalue weighted by molar-refractivity contribution is 8.26. The molecule has 148 valence electrons. The second kappa shape index (κ2) is 7.58. The number of rotatable bonds is 2. The van der Waals surface area contributed by atoms with E-state index in [-0.39, 0.29) is 11.9 Å². The molecule has 3 nitrogen and oxygen atoms in total. The van der Waals surface area contributed by atoms with E-state index in [9.17, 15) is 4.79 Å². The molecule has 30 heavy (non-hydrogen) atoms. The Hall–Kier alpha value is -2.60. The smallest absolute Gasteiger partial charge is 0.267 e. The number of hydrogen-bond donors (Lipinski definition) is 0. The molecule has 0 bridgehead atoms. The van der Waals surface area contributed by atoms with Crippen molar-refractivity contribution in [3.63, 3.8) is 0 Å². The molecule has 0 unspecified atom stereocenters. The fourth-order valence-corrected chi connectivity index (χ4v) is 5.24. The van der Waals surface area contributed by atoms with Gasteiger partial charge in [0.1, 0.15) is 15.8 Å². The fraction of sp³-hybridized carbons (Fsp3) is 0.0833. The summed E-state index contributed by atoms with van der Waals surface area (Å²) in [7, 11) is 0. The lowest BCUT2D eigenvalue weighted by Crippen LogP contribution is -2.35. The lowest BCUT2D eigenvalue weighted by atomic mass is 9.92. The number of aryl methyl sites for hydroxylation is 1. The van der Waals surface area contributed by atoms with E-state index in [1.165, 1.54) is 11.8 Å². The largest absolute Gasteiger partial charge is 0.456 e. The zero-order chi connectivity index (χ0) is 20.8. The molecule has 1 atom stereocenters. The van der Waals surface area contributed by atoms with Crippen molar-refractivity contribution in [1.29, 1.82) is 0 Å². The van der Waals surface area contributed by atoms with E-state index < -0.39 is 0 Å². The lowest BCUT2D eigenvalue weighted by molar-refractivity contribution is -0.123. The normalized spacial score (nSPS) is 18.9. The topological polar surface area (TPSA) is 29.5 Å². The number of fused-ring (bicyclic) bond motifs is 2. The van der Waals surface area contributed by atoms with E-state index in [1.54, 1.807) is 4.90 Å². The molecule has 0 aromatic heterocycles. The quantitative estimate of drug-likeness (QED) is 0.320. The van der Waals surface area contributed by atoms with E-state index in [0.717, 1.165) is 33.8 Å². The van der Waals surface area contributed by atoms with Crippen molar-refractivity contribution < 1.29 is 9.53 Å². The first-order chi connectivity index (χ1) is 14.5. The van der Waals surface area contributed by atoms with Crippen molar-refractivity contribution in [3.05, 3.63) is 98.9 Å². The van der Waals surface area contributed by atoms with E-state index in [1.807, 2.05) is 79.7 Å². The number of thiocarbonyl (C=S) groups is 1. The summed E-state index contributed by atoms with van der Waals surface area (Å²) in [4.78, 5) is 15.8. The van der Waals surface area contributed by atoms with Crippen LogP contribution in [-0.2, 0) is 4.79 Å². The summed E-state index contributed by atoms with van der Waals surface area (Å²) in [5.41, 5.74) is 3.80. The maximum atomic E-state index is 13.5. The lowest BCUT2D eigenvalue weighted by Gasteiger charge is -2.34. The van der Waals surface area contributed by atoms with Crippen LogP contribution in [0, 0.1) is 6.92 Å². The van der Waals surface area contributed by atoms with Gasteiger partial charge in [-0.3, -0.25) is 9.69 Å². The van der Waals surface area contributed by atoms with Crippen molar-refractivity contribution in [3.8, 4) is 11.5 Å². The highest BCUT2D eigenvalue weighted by Gasteiger charge is 2.42. The van der Waals surface area contributed by atoms with Gasteiger partial charge in [-0.05, 0) is 42.3 Å². The van der Waals surface area contributed by atoms with Gasteiger partial charge in [-0.1, -0.05) is 84.1 Å². The summed E-state index contributed by atoms with van der Waals surface area (Å²) in [5.74, 6) is 1.44. The second-order valence-electron chi connectivity index (χ2n) is 7.14. The molecule has 0 spiro atoms. The maximum Gasteiger partial charge on any atom is 0.267 e. The first-order valence-corrected chi connectivity index (χ1v) is 11.0. The summed E-state index contributed by atoms with van der Waals surface area (Å²) in [6.45, 7) is 2.01. The zero-order valence-corrected chi connectivity index (χ0v) is 18.4. The Morgan fingerprint density at radius 2 is 1.77 bits per heavy atom. The van der Waals surface area contributed by atoms with Gasteiger partial charge < -0.3 is 4.74 Å². The molecule has 0 aliphatic carbocycles. The predicted molar refractivity (Wildman–Crippen MR) is 126 cm³/mol. The van der Waals surface area contributed by atoms with Crippen LogP contribution < -0.4 is 4.74 Å². The summed E-state index contributed by atoms with van der Waals surface area (Å²) in [5, 5.41) is 0.658. The molecule has 0 radical (unpaired) electrons. The van der Waals surface area contributed by atoms with Gasteiger partial charge in [-0.25, -0.2) is 0 Å². The number of nitrogens with zero attached hydrogens (tertiary/aromatic N) is 1. The van der Waals surface area contributed by atoms with Gasteiger partial charge in [0.15, 0.2) is 0 Å². The minimum atomic E-state index is -0.325. The predicted octanol–water partition coefficient (Wildman–Crippen LogP) is 6.74. The van der Waals surface area contributed by atoms with Gasteiger partial charge in [0.2, 0.25) is 0 Å². The summed E-state index contributed by atoms with van der Waals surface area (Å²) in [6, 6.07) is 20.9. The third-order valence-corrected chi connectivity index (χ3v) is 6.79. The van der Waals surface area contributed by atoms with Crippen LogP contribution in [0.25, 0.3) is 6.08 Å². The fourth-order valence-electron chi connectivity index (χ4n) is 3.80. The van der Waals surface area contributed by atoms with Crippen molar-refractivity contribution in [2.75, 3.05) is 0 Å². The average Bonchev–Trinajstić information content (AvgIpc) is 3.01. The van der Waals surface area contributed by atoms with E-state index in [0.29, 0.717) is 14.2 Å². The number of halogens is 1. The summed E-state index contributed by atoms with van der Waals surface area (Å²) >= 11 is 13.0. The molecule has 3 aromatic rings. The number of hydrogen-bond acceptors (Lipinski definition) is 4. The Morgan fingerprint density at radius 1 is 1.03 bits per heavy atom. The number of carbonyl (C=O) groups is 1. The molecular weight excluding hydrogens is 434 g/mol. The van der Waals surface area contributed by atoms with Crippen LogP contribution in [0.15, 0.2) is 71.6 Å². The van der Waals surface area contributed by atoms with Gasteiger partial charge in [0.05, 0.1) is 10.9 Å². The SMILES string of the molecule is Cc1cccc2c1Oc1ccccc1[C@H]2N1C(=O)/C(=C\c2ccc(Cl)cc2)SC1=S. The van der Waals surface area contributed by atoms with Gasteiger partial charge in [0.25, 0.3) is 5.91 Å². The number of amides is 1. The Balaban J connectivity index is 1.60. The number of ether oxygens (including phenoxy) is 1. The van der Waals surface area contributed by atoms with Crippen molar-refractivity contribution in [2.24, 2.45) is 0 Å². The van der Waals surface area contributed by atoms with Gasteiger partial charge in [0, 0.05) is 16.1 Å². The third kappa shape index (κ3) is 3.23. The first-order valence-electron chi connectivity index (χ1n) is 9.42. The monoisotopic (exact) mass is 449 g/mol. The molecule has 1 amide bonds. The molecule has 0 saturated carbocycles. The van der Waals surface area contributed by atoms with Crippen LogP contribution in [-0.4, -0.2) is 15.1 Å². The van der Waals surface area contributed by atoms with Crippen LogP contribution in [0.3, 0.4) is 0 Å². The molecule has 3 aromatic carbocycles. The number of benzene rings is 3. The van der Waals surface area contributed by atoms with Crippen LogP contribution in [0.4, 0.5) is 0 Å². The molecule has 6 heteroatoms. The molecule has 0 N–H and O–H groups in total. The van der Waals surface area contributed by atoms with Crippen LogP contribution in [0.1, 0.15) is 28.3 Å². The molecule has 2 aliphatic heterocycles. The van der Waals surface area contributed by atoms with E-state index in [4.69, 9.17) is 28.6 Å². The Morgan fingerprint density at radius 3 is 2.57 bits per heavy atom. The first kappa shape index (κ1) is 19.4. The van der Waals surface area contributed by atoms with E-state index >= 15 is 0 Å². The van der Waals surface area contributed by atoms with Crippen LogP contribution in [0.2, 0.25) is 5.02 Å². The molecule has 2 heterocycles. The molecule has 2 aliphatic rings.